The highest BCUT2D eigenvalue weighted by atomic mass is 32.2. The summed E-state index contributed by atoms with van der Waals surface area (Å²) in [6, 6.07) is 9.94. The Morgan fingerprint density at radius 3 is 2.32 bits per heavy atom. The van der Waals surface area contributed by atoms with Crippen molar-refractivity contribution in [2.45, 2.75) is 32.2 Å². The minimum absolute atomic E-state index is 0.0997. The quantitative estimate of drug-likeness (QED) is 0.655. The van der Waals surface area contributed by atoms with Crippen LogP contribution in [0.1, 0.15) is 35.5 Å². The number of furan rings is 1. The summed E-state index contributed by atoms with van der Waals surface area (Å²) in [5.41, 5.74) is 1.48. The van der Waals surface area contributed by atoms with Gasteiger partial charge in [0.2, 0.25) is 15.9 Å². The number of rotatable bonds is 9. The SMILES string of the molecule is CC(C)NS(=O)(=O)Cc1ccc(CNC(=O)CN(C)C(=O)c2ccco2)cc1. The summed E-state index contributed by atoms with van der Waals surface area (Å²) in [4.78, 5) is 25.3. The van der Waals surface area contributed by atoms with Gasteiger partial charge in [-0.1, -0.05) is 24.3 Å². The predicted molar refractivity (Wildman–Crippen MR) is 105 cm³/mol. The van der Waals surface area contributed by atoms with Crippen LogP contribution in [0.5, 0.6) is 0 Å². The Hall–Kier alpha value is -2.65. The lowest BCUT2D eigenvalue weighted by Crippen LogP contribution is -2.38. The lowest BCUT2D eigenvalue weighted by atomic mass is 10.1. The van der Waals surface area contributed by atoms with E-state index in [2.05, 4.69) is 10.0 Å². The van der Waals surface area contributed by atoms with Crippen LogP contribution in [0.15, 0.2) is 47.1 Å². The molecule has 0 unspecified atom stereocenters. The first-order valence-corrected chi connectivity index (χ1v) is 10.4. The Morgan fingerprint density at radius 1 is 1.11 bits per heavy atom. The number of likely N-dealkylation sites (N-methyl/N-ethyl adjacent to an activating group) is 1. The van der Waals surface area contributed by atoms with E-state index in [-0.39, 0.29) is 42.5 Å². The third-order valence-electron chi connectivity index (χ3n) is 3.74. The number of carbonyl (C=O) groups excluding carboxylic acids is 2. The normalized spacial score (nSPS) is 11.4. The summed E-state index contributed by atoms with van der Waals surface area (Å²) >= 11 is 0. The van der Waals surface area contributed by atoms with Gasteiger partial charge in [0.1, 0.15) is 0 Å². The minimum atomic E-state index is -3.38. The van der Waals surface area contributed by atoms with Gasteiger partial charge >= 0.3 is 0 Å². The zero-order chi connectivity index (χ0) is 20.7. The molecule has 0 spiro atoms. The van der Waals surface area contributed by atoms with Gasteiger partial charge in [-0.25, -0.2) is 13.1 Å². The molecule has 1 aromatic carbocycles. The van der Waals surface area contributed by atoms with Crippen molar-refractivity contribution in [3.8, 4) is 0 Å². The molecule has 0 radical (unpaired) electrons. The molecule has 0 aliphatic heterocycles. The standard InChI is InChI=1S/C19H25N3O5S/c1-14(2)21-28(25,26)13-16-8-6-15(7-9-16)11-20-18(23)12-22(3)19(24)17-5-4-10-27-17/h4-10,14,21H,11-13H2,1-3H3,(H,20,23). The van der Waals surface area contributed by atoms with Crippen molar-refractivity contribution in [2.75, 3.05) is 13.6 Å². The summed E-state index contributed by atoms with van der Waals surface area (Å²) in [6.45, 7) is 3.71. The molecule has 2 amide bonds. The molecule has 0 aliphatic carbocycles. The fourth-order valence-electron chi connectivity index (χ4n) is 2.51. The second-order valence-corrected chi connectivity index (χ2v) is 8.52. The monoisotopic (exact) mass is 407 g/mol. The van der Waals surface area contributed by atoms with E-state index in [0.29, 0.717) is 5.56 Å². The van der Waals surface area contributed by atoms with Crippen LogP contribution in [0.2, 0.25) is 0 Å². The van der Waals surface area contributed by atoms with Crippen LogP contribution < -0.4 is 10.0 Å². The first-order valence-electron chi connectivity index (χ1n) is 8.80. The van der Waals surface area contributed by atoms with Gasteiger partial charge < -0.3 is 14.6 Å². The molecule has 2 rings (SSSR count). The van der Waals surface area contributed by atoms with E-state index in [4.69, 9.17) is 4.42 Å². The van der Waals surface area contributed by atoms with Gasteiger partial charge in [-0.05, 0) is 37.1 Å². The van der Waals surface area contributed by atoms with E-state index < -0.39 is 10.0 Å². The molecule has 8 nitrogen and oxygen atoms in total. The predicted octanol–water partition coefficient (Wildman–Crippen LogP) is 1.50. The van der Waals surface area contributed by atoms with E-state index in [1.165, 1.54) is 24.3 Å². The van der Waals surface area contributed by atoms with Crippen LogP contribution in [0.25, 0.3) is 0 Å². The van der Waals surface area contributed by atoms with Crippen molar-refractivity contribution >= 4 is 21.8 Å². The lowest BCUT2D eigenvalue weighted by molar-refractivity contribution is -0.121. The summed E-state index contributed by atoms with van der Waals surface area (Å²) in [5.74, 6) is -0.610. The lowest BCUT2D eigenvalue weighted by Gasteiger charge is -2.15. The molecule has 152 valence electrons. The number of nitrogens with one attached hydrogen (secondary N) is 2. The number of hydrogen-bond acceptors (Lipinski definition) is 5. The molecule has 0 aliphatic rings. The second kappa shape index (κ2) is 9.52. The van der Waals surface area contributed by atoms with Gasteiger partial charge in [0, 0.05) is 19.6 Å². The highest BCUT2D eigenvalue weighted by Crippen LogP contribution is 2.09. The summed E-state index contributed by atoms with van der Waals surface area (Å²) in [7, 11) is -1.86. The minimum Gasteiger partial charge on any atom is -0.459 e. The van der Waals surface area contributed by atoms with E-state index >= 15 is 0 Å². The Bertz CT molecular complexity index is 890. The highest BCUT2D eigenvalue weighted by molar-refractivity contribution is 7.88. The fraction of sp³-hybridized carbons (Fsp3) is 0.368. The average Bonchev–Trinajstić information content (AvgIpc) is 3.13. The molecule has 0 fully saturated rings. The van der Waals surface area contributed by atoms with Crippen LogP contribution in [0.3, 0.4) is 0 Å². The Labute approximate surface area is 165 Å². The summed E-state index contributed by atoms with van der Waals surface area (Å²) < 4.78 is 31.5. The van der Waals surface area contributed by atoms with Gasteiger partial charge in [0.15, 0.2) is 5.76 Å². The zero-order valence-electron chi connectivity index (χ0n) is 16.1. The first-order chi connectivity index (χ1) is 13.2. The van der Waals surface area contributed by atoms with Crippen molar-refractivity contribution < 1.29 is 22.4 Å². The third kappa shape index (κ3) is 6.82. The number of hydrogen-bond donors (Lipinski definition) is 2. The average molecular weight is 407 g/mol. The van der Waals surface area contributed by atoms with Crippen molar-refractivity contribution in [2.24, 2.45) is 0 Å². The third-order valence-corrected chi connectivity index (χ3v) is 5.29. The van der Waals surface area contributed by atoms with E-state index in [0.717, 1.165) is 5.56 Å². The number of carbonyl (C=O) groups is 2. The number of benzene rings is 1. The van der Waals surface area contributed by atoms with Crippen molar-refractivity contribution in [3.63, 3.8) is 0 Å². The van der Waals surface area contributed by atoms with E-state index in [9.17, 15) is 18.0 Å². The van der Waals surface area contributed by atoms with Gasteiger partial charge in [-0.2, -0.15) is 0 Å². The molecular formula is C19H25N3O5S. The highest BCUT2D eigenvalue weighted by Gasteiger charge is 2.17. The van der Waals surface area contributed by atoms with Crippen LogP contribution in [0, 0.1) is 0 Å². The molecule has 2 N–H and O–H groups in total. The fourth-order valence-corrected chi connectivity index (χ4v) is 3.94. The first kappa shape index (κ1) is 21.6. The van der Waals surface area contributed by atoms with Gasteiger partial charge in [0.05, 0.1) is 18.6 Å². The maximum absolute atomic E-state index is 12.0. The van der Waals surface area contributed by atoms with Crippen molar-refractivity contribution in [3.05, 3.63) is 59.5 Å². The Kier molecular flexibility index (Phi) is 7.36. The van der Waals surface area contributed by atoms with Crippen LogP contribution in [-0.2, 0) is 27.1 Å². The molecule has 0 saturated carbocycles. The maximum atomic E-state index is 12.0. The molecule has 28 heavy (non-hydrogen) atoms. The topological polar surface area (TPSA) is 109 Å². The number of amides is 2. The van der Waals surface area contributed by atoms with Gasteiger partial charge in [0.25, 0.3) is 5.91 Å². The van der Waals surface area contributed by atoms with Gasteiger partial charge in [-0.15, -0.1) is 0 Å². The molecule has 1 heterocycles. The Morgan fingerprint density at radius 2 is 1.75 bits per heavy atom. The molecular weight excluding hydrogens is 382 g/mol. The molecule has 0 bridgehead atoms. The largest absolute Gasteiger partial charge is 0.459 e. The van der Waals surface area contributed by atoms with Crippen LogP contribution >= 0.6 is 0 Å². The zero-order valence-corrected chi connectivity index (χ0v) is 17.0. The smallest absolute Gasteiger partial charge is 0.289 e. The molecule has 0 atom stereocenters. The van der Waals surface area contributed by atoms with E-state index in [1.807, 2.05) is 0 Å². The van der Waals surface area contributed by atoms with Crippen LogP contribution in [-0.4, -0.2) is 44.8 Å². The van der Waals surface area contributed by atoms with Gasteiger partial charge in [-0.3, -0.25) is 9.59 Å². The van der Waals surface area contributed by atoms with Crippen LogP contribution in [0.4, 0.5) is 0 Å². The maximum Gasteiger partial charge on any atom is 0.289 e. The Balaban J connectivity index is 1.82. The number of nitrogens with zero attached hydrogens (tertiary/aromatic N) is 1. The molecule has 2 aromatic rings. The number of sulfonamides is 1. The molecule has 1 aromatic heterocycles. The summed E-state index contributed by atoms with van der Waals surface area (Å²) in [6.07, 6.45) is 1.40. The summed E-state index contributed by atoms with van der Waals surface area (Å²) in [5, 5.41) is 2.73. The second-order valence-electron chi connectivity index (χ2n) is 6.76. The van der Waals surface area contributed by atoms with Crippen molar-refractivity contribution in [1.82, 2.24) is 14.9 Å². The van der Waals surface area contributed by atoms with E-state index in [1.54, 1.807) is 44.2 Å². The molecule has 9 heteroatoms. The van der Waals surface area contributed by atoms with Crippen molar-refractivity contribution in [1.29, 1.82) is 0 Å². The molecule has 0 saturated heterocycles.